The van der Waals surface area contributed by atoms with Gasteiger partial charge in [0.15, 0.2) is 0 Å². The van der Waals surface area contributed by atoms with Crippen molar-refractivity contribution in [2.75, 3.05) is 0 Å². The number of hydrogen-bond acceptors (Lipinski definition) is 4. The third kappa shape index (κ3) is 1.24. The molecule has 0 spiro atoms. The lowest BCUT2D eigenvalue weighted by Gasteiger charge is -2.20. The molecule has 2 aromatic rings. The van der Waals surface area contributed by atoms with Gasteiger partial charge in [-0.3, -0.25) is 14.8 Å². The van der Waals surface area contributed by atoms with E-state index in [1.165, 1.54) is 22.8 Å². The molecule has 2 heterocycles. The number of aromatic hydroxyl groups is 1. The highest BCUT2D eigenvalue weighted by Gasteiger charge is 2.31. The van der Waals surface area contributed by atoms with E-state index in [1.807, 2.05) is 0 Å². The van der Waals surface area contributed by atoms with Crippen LogP contribution in [0.3, 0.4) is 0 Å². The number of phenols is 1. The molecule has 0 bridgehead atoms. The lowest BCUT2D eigenvalue weighted by molar-refractivity contribution is -0.156. The van der Waals surface area contributed by atoms with Gasteiger partial charge >= 0.3 is 5.91 Å². The number of hydrogen-bond donors (Lipinski definition) is 2. The van der Waals surface area contributed by atoms with Gasteiger partial charge in [-0.25, -0.2) is 0 Å². The normalized spacial score (nSPS) is 15.5. The maximum absolute atomic E-state index is 11.7. The first kappa shape index (κ1) is 9.86. The fraction of sp³-hybridized carbons (Fsp3) is 0.0909. The lowest BCUT2D eigenvalue weighted by Crippen LogP contribution is -2.42. The first-order valence-corrected chi connectivity index (χ1v) is 4.96. The molecule has 1 aliphatic heterocycles. The zero-order valence-electron chi connectivity index (χ0n) is 8.62. The topological polar surface area (TPSA) is 82.8 Å². The summed E-state index contributed by atoms with van der Waals surface area (Å²) in [4.78, 5) is 23.0. The zero-order chi connectivity index (χ0) is 12.2. The van der Waals surface area contributed by atoms with Gasteiger partial charge in [0.25, 0.3) is 5.91 Å². The van der Waals surface area contributed by atoms with Gasteiger partial charge in [0.2, 0.25) is 0 Å². The molecule has 1 aromatic carbocycles. The number of aromatic nitrogens is 1. The van der Waals surface area contributed by atoms with Crippen LogP contribution in [0.5, 0.6) is 5.75 Å². The Hall–Kier alpha value is -2.34. The van der Waals surface area contributed by atoms with E-state index in [2.05, 4.69) is 0 Å². The maximum atomic E-state index is 11.7. The molecule has 0 fully saturated rings. The summed E-state index contributed by atoms with van der Waals surface area (Å²) in [6, 6.07) is 6.14. The second kappa shape index (κ2) is 3.08. The highest BCUT2D eigenvalue weighted by atomic mass is 16.5. The van der Waals surface area contributed by atoms with Gasteiger partial charge in [0.05, 0.1) is 0 Å². The van der Waals surface area contributed by atoms with Crippen molar-refractivity contribution in [3.63, 3.8) is 0 Å². The Morgan fingerprint density at radius 3 is 2.71 bits per heavy atom. The zero-order valence-corrected chi connectivity index (χ0v) is 8.62. The molecule has 3 rings (SSSR count). The summed E-state index contributed by atoms with van der Waals surface area (Å²) in [6.45, 7) is -0.0914. The molecular formula is C11H8N2O4. The Morgan fingerprint density at radius 2 is 1.94 bits per heavy atom. The lowest BCUT2D eigenvalue weighted by atomic mass is 10.2. The summed E-state index contributed by atoms with van der Waals surface area (Å²) in [5.41, 5.74) is 0.903. The number of hydroxylamine groups is 2. The van der Waals surface area contributed by atoms with Crippen LogP contribution in [0.2, 0.25) is 0 Å². The molecule has 2 amide bonds. The van der Waals surface area contributed by atoms with Crippen molar-refractivity contribution in [2.45, 2.75) is 6.54 Å². The Balaban J connectivity index is 2.32. The maximum Gasteiger partial charge on any atom is 0.301 e. The third-order valence-corrected chi connectivity index (χ3v) is 2.83. The van der Waals surface area contributed by atoms with Crippen LogP contribution in [0.1, 0.15) is 10.5 Å². The number of imide groups is 1. The van der Waals surface area contributed by atoms with Crippen LogP contribution in [-0.2, 0) is 11.3 Å². The van der Waals surface area contributed by atoms with Gasteiger partial charge in [0.1, 0.15) is 18.0 Å². The number of benzene rings is 1. The van der Waals surface area contributed by atoms with E-state index in [0.717, 1.165) is 0 Å². The predicted octanol–water partition coefficient (Wildman–Crippen LogP) is 0.718. The molecule has 1 aliphatic rings. The van der Waals surface area contributed by atoms with E-state index in [1.54, 1.807) is 6.07 Å². The van der Waals surface area contributed by atoms with Crippen molar-refractivity contribution < 1.29 is 19.9 Å². The number of rotatable bonds is 0. The van der Waals surface area contributed by atoms with Gasteiger partial charge in [-0.2, -0.15) is 0 Å². The summed E-state index contributed by atoms with van der Waals surface area (Å²) in [6.07, 6.45) is 0. The minimum Gasteiger partial charge on any atom is -0.508 e. The van der Waals surface area contributed by atoms with Gasteiger partial charge < -0.3 is 9.67 Å². The number of carbonyl (C=O) groups excluding carboxylic acids is 2. The Kier molecular flexibility index (Phi) is 1.79. The molecule has 1 aromatic heterocycles. The number of fused-ring (bicyclic) bond motifs is 3. The van der Waals surface area contributed by atoms with E-state index < -0.39 is 11.8 Å². The minimum absolute atomic E-state index is 0.0834. The highest BCUT2D eigenvalue weighted by Crippen LogP contribution is 2.26. The minimum atomic E-state index is -0.753. The first-order valence-electron chi connectivity index (χ1n) is 4.96. The Morgan fingerprint density at radius 1 is 1.18 bits per heavy atom. The van der Waals surface area contributed by atoms with Crippen LogP contribution < -0.4 is 0 Å². The molecule has 2 N–H and O–H groups in total. The van der Waals surface area contributed by atoms with E-state index >= 15 is 0 Å². The third-order valence-electron chi connectivity index (χ3n) is 2.83. The van der Waals surface area contributed by atoms with Crippen LogP contribution in [0.15, 0.2) is 24.3 Å². The molecule has 0 saturated heterocycles. The summed E-state index contributed by atoms with van der Waals surface area (Å²) in [5.74, 6) is -1.34. The van der Waals surface area contributed by atoms with E-state index in [9.17, 15) is 19.9 Å². The smallest absolute Gasteiger partial charge is 0.301 e. The monoisotopic (exact) mass is 232 g/mol. The molecular weight excluding hydrogens is 224 g/mol. The predicted molar refractivity (Wildman–Crippen MR) is 56.6 cm³/mol. The average Bonchev–Trinajstić information content (AvgIpc) is 2.64. The number of amides is 2. The van der Waals surface area contributed by atoms with Crippen molar-refractivity contribution in [3.05, 3.63) is 30.0 Å². The van der Waals surface area contributed by atoms with Gasteiger partial charge in [-0.1, -0.05) is 0 Å². The van der Waals surface area contributed by atoms with E-state index in [4.69, 9.17) is 0 Å². The standard InChI is InChI=1S/C11H8N2O4/c14-7-1-2-8-6(3-7)4-9-11(16)13(17)10(15)5-12(8)9/h1-4,14,17H,5H2. The van der Waals surface area contributed by atoms with Crippen LogP contribution in [0.4, 0.5) is 0 Å². The summed E-state index contributed by atoms with van der Waals surface area (Å²) in [5, 5.41) is 19.4. The van der Waals surface area contributed by atoms with Crippen LogP contribution >= 0.6 is 0 Å². The van der Waals surface area contributed by atoms with Crippen molar-refractivity contribution in [3.8, 4) is 5.75 Å². The number of nitrogens with zero attached hydrogens (tertiary/aromatic N) is 2. The number of carbonyl (C=O) groups is 2. The molecule has 0 radical (unpaired) electrons. The molecule has 6 heteroatoms. The largest absolute Gasteiger partial charge is 0.508 e. The van der Waals surface area contributed by atoms with Crippen molar-refractivity contribution in [1.29, 1.82) is 0 Å². The summed E-state index contributed by atoms with van der Waals surface area (Å²) < 4.78 is 1.52. The Labute approximate surface area is 95.2 Å². The van der Waals surface area contributed by atoms with E-state index in [0.29, 0.717) is 10.9 Å². The molecule has 6 nitrogen and oxygen atoms in total. The summed E-state index contributed by atoms with van der Waals surface area (Å²) >= 11 is 0. The fourth-order valence-corrected chi connectivity index (χ4v) is 2.03. The van der Waals surface area contributed by atoms with Crippen LogP contribution in [0, 0.1) is 0 Å². The number of phenolic OH excluding ortho intramolecular Hbond substituents is 1. The molecule has 0 saturated carbocycles. The molecule has 86 valence electrons. The summed E-state index contributed by atoms with van der Waals surface area (Å²) in [7, 11) is 0. The van der Waals surface area contributed by atoms with Crippen molar-refractivity contribution in [2.24, 2.45) is 0 Å². The fourth-order valence-electron chi connectivity index (χ4n) is 2.03. The van der Waals surface area contributed by atoms with Crippen molar-refractivity contribution >= 4 is 22.7 Å². The van der Waals surface area contributed by atoms with Crippen LogP contribution in [-0.4, -0.2) is 31.8 Å². The second-order valence-corrected chi connectivity index (χ2v) is 3.87. The Bertz CT molecular complexity index is 659. The van der Waals surface area contributed by atoms with Gasteiger partial charge in [0, 0.05) is 10.9 Å². The second-order valence-electron chi connectivity index (χ2n) is 3.87. The van der Waals surface area contributed by atoms with Gasteiger partial charge in [-0.05, 0) is 24.3 Å². The SMILES string of the molecule is O=C1Cn2c(cc3cc(O)ccc32)C(=O)N1O. The molecule has 0 aliphatic carbocycles. The molecule has 0 atom stereocenters. The first-order chi connectivity index (χ1) is 8.08. The molecule has 0 unspecified atom stereocenters. The quantitative estimate of drug-likeness (QED) is 0.518. The van der Waals surface area contributed by atoms with Crippen molar-refractivity contribution in [1.82, 2.24) is 9.63 Å². The van der Waals surface area contributed by atoms with E-state index in [-0.39, 0.29) is 23.1 Å². The van der Waals surface area contributed by atoms with Crippen LogP contribution in [0.25, 0.3) is 10.9 Å². The average molecular weight is 232 g/mol. The highest BCUT2D eigenvalue weighted by molar-refractivity contribution is 6.08. The van der Waals surface area contributed by atoms with Gasteiger partial charge in [-0.15, -0.1) is 5.06 Å². The molecule has 17 heavy (non-hydrogen) atoms.